The Morgan fingerprint density at radius 3 is 2.47 bits per heavy atom. The van der Waals surface area contributed by atoms with E-state index in [1.165, 1.54) is 12.0 Å². The van der Waals surface area contributed by atoms with Crippen molar-refractivity contribution < 1.29 is 0 Å². The van der Waals surface area contributed by atoms with Crippen LogP contribution in [-0.2, 0) is 0 Å². The fraction of sp³-hybridized carbons (Fsp3) is 0.533. The third-order valence-electron chi connectivity index (χ3n) is 3.29. The second kappa shape index (κ2) is 4.50. The molecule has 2 atom stereocenters. The average Bonchev–Trinajstić information content (AvgIpc) is 3.05. The van der Waals surface area contributed by atoms with Gasteiger partial charge in [0.25, 0.3) is 0 Å². The number of nitrogens with zero attached hydrogens (tertiary/aromatic N) is 1. The first-order valence-corrected chi connectivity index (χ1v) is 6.25. The fourth-order valence-corrected chi connectivity index (χ4v) is 2.12. The summed E-state index contributed by atoms with van der Waals surface area (Å²) in [4.78, 5) is 0. The zero-order valence-electron chi connectivity index (χ0n) is 10.8. The Hall–Kier alpha value is -1.33. The average molecular weight is 228 g/mol. The van der Waals surface area contributed by atoms with Crippen LogP contribution in [0.1, 0.15) is 44.2 Å². The van der Waals surface area contributed by atoms with Crippen LogP contribution in [0.5, 0.6) is 0 Å². The van der Waals surface area contributed by atoms with Gasteiger partial charge in [0.05, 0.1) is 11.6 Å². The molecule has 0 aromatic heterocycles. The molecule has 1 N–H and O–H groups in total. The number of hydrogen-bond acceptors (Lipinski definition) is 2. The molecule has 1 saturated carbocycles. The third kappa shape index (κ3) is 3.31. The van der Waals surface area contributed by atoms with Crippen LogP contribution < -0.4 is 5.32 Å². The predicted molar refractivity (Wildman–Crippen MR) is 69.8 cm³/mol. The quantitative estimate of drug-likeness (QED) is 0.863. The van der Waals surface area contributed by atoms with E-state index in [1.54, 1.807) is 0 Å². The Morgan fingerprint density at radius 2 is 1.94 bits per heavy atom. The number of rotatable bonds is 3. The minimum atomic E-state index is 0.206. The van der Waals surface area contributed by atoms with Crippen molar-refractivity contribution in [2.45, 2.75) is 38.6 Å². The van der Waals surface area contributed by atoms with Crippen LogP contribution in [0.15, 0.2) is 24.3 Å². The maximum atomic E-state index is 8.75. The van der Waals surface area contributed by atoms with Gasteiger partial charge in [-0.05, 0) is 63.3 Å². The summed E-state index contributed by atoms with van der Waals surface area (Å²) in [6.45, 7) is 7.69. The molecule has 1 aromatic carbocycles. The van der Waals surface area contributed by atoms with E-state index >= 15 is 0 Å². The topological polar surface area (TPSA) is 35.8 Å². The molecule has 1 aliphatic carbocycles. The van der Waals surface area contributed by atoms with Gasteiger partial charge in [0.15, 0.2) is 0 Å². The van der Waals surface area contributed by atoms with Crippen molar-refractivity contribution in [3.8, 4) is 6.07 Å². The van der Waals surface area contributed by atoms with Crippen molar-refractivity contribution in [2.24, 2.45) is 5.92 Å². The summed E-state index contributed by atoms with van der Waals surface area (Å²) in [6, 6.07) is 10.2. The lowest BCUT2D eigenvalue weighted by Crippen LogP contribution is -2.37. The van der Waals surface area contributed by atoms with Crippen molar-refractivity contribution in [1.29, 1.82) is 5.26 Å². The highest BCUT2D eigenvalue weighted by atomic mass is 15.0. The minimum absolute atomic E-state index is 0.206. The van der Waals surface area contributed by atoms with Crippen molar-refractivity contribution in [3.63, 3.8) is 0 Å². The zero-order chi connectivity index (χ0) is 12.5. The Balaban J connectivity index is 1.88. The largest absolute Gasteiger partial charge is 0.312 e. The highest BCUT2D eigenvalue weighted by molar-refractivity contribution is 5.35. The lowest BCUT2D eigenvalue weighted by Gasteiger charge is -2.20. The van der Waals surface area contributed by atoms with Crippen LogP contribution in [0.3, 0.4) is 0 Å². The van der Waals surface area contributed by atoms with Crippen molar-refractivity contribution in [3.05, 3.63) is 35.4 Å². The summed E-state index contributed by atoms with van der Waals surface area (Å²) in [6.07, 6.45) is 1.27. The van der Waals surface area contributed by atoms with Crippen LogP contribution in [0.4, 0.5) is 0 Å². The summed E-state index contributed by atoms with van der Waals surface area (Å²) in [7, 11) is 0. The van der Waals surface area contributed by atoms with Gasteiger partial charge in [-0.3, -0.25) is 0 Å². The van der Waals surface area contributed by atoms with E-state index < -0.39 is 0 Å². The molecule has 17 heavy (non-hydrogen) atoms. The maximum Gasteiger partial charge on any atom is 0.0991 e. The van der Waals surface area contributed by atoms with Gasteiger partial charge in [-0.25, -0.2) is 0 Å². The summed E-state index contributed by atoms with van der Waals surface area (Å²) in [5.41, 5.74) is 2.33. The molecule has 90 valence electrons. The Kier molecular flexibility index (Phi) is 3.22. The molecule has 2 nitrogen and oxygen atoms in total. The van der Waals surface area contributed by atoms with Gasteiger partial charge >= 0.3 is 0 Å². The van der Waals surface area contributed by atoms with E-state index in [2.05, 4.69) is 44.3 Å². The Morgan fingerprint density at radius 1 is 1.29 bits per heavy atom. The van der Waals surface area contributed by atoms with Gasteiger partial charge in [-0.1, -0.05) is 12.1 Å². The molecule has 1 aromatic rings. The molecule has 0 spiro atoms. The van der Waals surface area contributed by atoms with E-state index in [0.717, 1.165) is 18.0 Å². The van der Waals surface area contributed by atoms with E-state index in [4.69, 9.17) is 5.26 Å². The molecule has 2 rings (SSSR count). The second-order valence-electron chi connectivity index (χ2n) is 5.97. The molecule has 0 aliphatic heterocycles. The number of nitriles is 1. The van der Waals surface area contributed by atoms with Gasteiger partial charge < -0.3 is 5.32 Å². The van der Waals surface area contributed by atoms with Crippen LogP contribution in [-0.4, -0.2) is 12.1 Å². The lowest BCUT2D eigenvalue weighted by atomic mass is 10.1. The number of benzene rings is 1. The summed E-state index contributed by atoms with van der Waals surface area (Å²) >= 11 is 0. The lowest BCUT2D eigenvalue weighted by molar-refractivity contribution is 0.414. The predicted octanol–water partition coefficient (Wildman–Crippen LogP) is 3.05. The zero-order valence-corrected chi connectivity index (χ0v) is 10.8. The van der Waals surface area contributed by atoms with Crippen LogP contribution in [0, 0.1) is 17.2 Å². The van der Waals surface area contributed by atoms with Gasteiger partial charge in [0.2, 0.25) is 0 Å². The van der Waals surface area contributed by atoms with Gasteiger partial charge in [-0.15, -0.1) is 0 Å². The molecular formula is C15H20N2. The molecular weight excluding hydrogens is 208 g/mol. The first-order chi connectivity index (χ1) is 7.99. The van der Waals surface area contributed by atoms with Crippen LogP contribution >= 0.6 is 0 Å². The molecule has 2 heteroatoms. The minimum Gasteiger partial charge on any atom is -0.312 e. The Labute approximate surface area is 104 Å². The van der Waals surface area contributed by atoms with Crippen molar-refractivity contribution in [2.75, 3.05) is 6.54 Å². The molecule has 1 aliphatic rings. The standard InChI is InChI=1S/C15H20N2/c1-15(2,3)17-10-13-8-14(13)12-6-4-11(9-16)5-7-12/h4-7,13-14,17H,8,10H2,1-3H3. The molecule has 0 radical (unpaired) electrons. The second-order valence-corrected chi connectivity index (χ2v) is 5.97. The maximum absolute atomic E-state index is 8.75. The van der Waals surface area contributed by atoms with Crippen LogP contribution in [0.25, 0.3) is 0 Å². The molecule has 0 bridgehead atoms. The monoisotopic (exact) mass is 228 g/mol. The molecule has 1 fully saturated rings. The summed E-state index contributed by atoms with van der Waals surface area (Å²) in [5.74, 6) is 1.46. The number of hydrogen-bond donors (Lipinski definition) is 1. The van der Waals surface area contributed by atoms with E-state index in [9.17, 15) is 0 Å². The van der Waals surface area contributed by atoms with Crippen LogP contribution in [0.2, 0.25) is 0 Å². The van der Waals surface area contributed by atoms with E-state index in [-0.39, 0.29) is 5.54 Å². The molecule has 0 saturated heterocycles. The van der Waals surface area contributed by atoms with Gasteiger partial charge in [0, 0.05) is 5.54 Å². The summed E-state index contributed by atoms with van der Waals surface area (Å²) in [5, 5.41) is 12.3. The SMILES string of the molecule is CC(C)(C)NCC1CC1c1ccc(C#N)cc1. The summed E-state index contributed by atoms with van der Waals surface area (Å²) < 4.78 is 0. The first kappa shape index (κ1) is 12.1. The van der Waals surface area contributed by atoms with Gasteiger partial charge in [0.1, 0.15) is 0 Å². The highest BCUT2D eigenvalue weighted by Gasteiger charge is 2.38. The Bertz CT molecular complexity index is 420. The third-order valence-corrected chi connectivity index (χ3v) is 3.29. The first-order valence-electron chi connectivity index (χ1n) is 6.25. The fourth-order valence-electron chi connectivity index (χ4n) is 2.12. The normalized spacial score (nSPS) is 23.2. The smallest absolute Gasteiger partial charge is 0.0991 e. The molecule has 0 heterocycles. The molecule has 0 amide bonds. The van der Waals surface area contributed by atoms with Crippen molar-refractivity contribution in [1.82, 2.24) is 5.32 Å². The molecule has 2 unspecified atom stereocenters. The highest BCUT2D eigenvalue weighted by Crippen LogP contribution is 2.47. The van der Waals surface area contributed by atoms with E-state index in [0.29, 0.717) is 5.92 Å². The number of nitrogens with one attached hydrogen (secondary N) is 1. The van der Waals surface area contributed by atoms with E-state index in [1.807, 2.05) is 12.1 Å². The van der Waals surface area contributed by atoms with Crippen molar-refractivity contribution >= 4 is 0 Å². The van der Waals surface area contributed by atoms with Gasteiger partial charge in [-0.2, -0.15) is 5.26 Å².